The summed E-state index contributed by atoms with van der Waals surface area (Å²) in [5.41, 5.74) is 3.57. The van der Waals surface area contributed by atoms with Gasteiger partial charge in [-0.2, -0.15) is 0 Å². The number of H-pyrrole nitrogens is 1. The largest absolute Gasteiger partial charge is 0.465 e. The molecular formula is C24H21N3O4S. The maximum absolute atomic E-state index is 13.6. The second-order valence-electron chi connectivity index (χ2n) is 8.00. The standard InChI is InChI=1S/C24H21N3O4S/c1-14-3-8-17(9-4-14)32(29,30)23-22(21-13-25-12-20(26-21)15-5-6-15)18-11-16(24(28)31-2)7-10-19(18)27-23/h3-4,7-13,15,27H,5-6H2,1-2H3. The maximum Gasteiger partial charge on any atom is 0.337 e. The number of ether oxygens (including phenoxy) is 1. The number of hydrogen-bond donors (Lipinski definition) is 1. The number of sulfone groups is 1. The highest BCUT2D eigenvalue weighted by molar-refractivity contribution is 7.91. The van der Waals surface area contributed by atoms with Gasteiger partial charge in [0.25, 0.3) is 0 Å². The molecule has 0 radical (unpaired) electrons. The van der Waals surface area contributed by atoms with Gasteiger partial charge in [0.1, 0.15) is 5.03 Å². The monoisotopic (exact) mass is 447 g/mol. The molecule has 8 heteroatoms. The lowest BCUT2D eigenvalue weighted by molar-refractivity contribution is 0.0601. The van der Waals surface area contributed by atoms with E-state index in [1.165, 1.54) is 7.11 Å². The number of carbonyl (C=O) groups excluding carboxylic acids is 1. The fraction of sp³-hybridized carbons (Fsp3) is 0.208. The number of aromatic nitrogens is 3. The molecule has 1 N–H and O–H groups in total. The van der Waals surface area contributed by atoms with E-state index in [9.17, 15) is 13.2 Å². The number of benzene rings is 2. The number of methoxy groups -OCH3 is 1. The van der Waals surface area contributed by atoms with Crippen molar-refractivity contribution in [1.29, 1.82) is 0 Å². The molecule has 0 atom stereocenters. The fourth-order valence-electron chi connectivity index (χ4n) is 3.78. The van der Waals surface area contributed by atoms with Crippen molar-refractivity contribution in [2.75, 3.05) is 7.11 Å². The Bertz CT molecular complexity index is 1450. The van der Waals surface area contributed by atoms with Gasteiger partial charge in [0.15, 0.2) is 0 Å². The quantitative estimate of drug-likeness (QED) is 0.454. The Kier molecular flexibility index (Phi) is 4.82. The first-order valence-electron chi connectivity index (χ1n) is 10.3. The number of aromatic amines is 1. The van der Waals surface area contributed by atoms with Crippen LogP contribution in [0.2, 0.25) is 0 Å². The first kappa shape index (κ1) is 20.4. The van der Waals surface area contributed by atoms with Crippen LogP contribution in [-0.4, -0.2) is 36.4 Å². The lowest BCUT2D eigenvalue weighted by Gasteiger charge is -2.08. The molecule has 0 saturated heterocycles. The Hall–Kier alpha value is -3.52. The molecule has 7 nitrogen and oxygen atoms in total. The van der Waals surface area contributed by atoms with Gasteiger partial charge in [-0.05, 0) is 50.1 Å². The summed E-state index contributed by atoms with van der Waals surface area (Å²) in [6.45, 7) is 1.90. The summed E-state index contributed by atoms with van der Waals surface area (Å²) in [6, 6.07) is 11.6. The van der Waals surface area contributed by atoms with Crippen LogP contribution in [0.1, 0.15) is 40.4 Å². The van der Waals surface area contributed by atoms with Gasteiger partial charge < -0.3 is 9.72 Å². The first-order valence-corrected chi connectivity index (χ1v) is 11.7. The second kappa shape index (κ2) is 7.56. The van der Waals surface area contributed by atoms with Gasteiger partial charge in [0.05, 0.1) is 35.2 Å². The highest BCUT2D eigenvalue weighted by Gasteiger charge is 2.30. The SMILES string of the molecule is COC(=O)c1ccc2[nH]c(S(=O)(=O)c3ccc(C)cc3)c(-c3cncc(C4CC4)n3)c2c1. The average Bonchev–Trinajstić information content (AvgIpc) is 3.58. The molecule has 162 valence electrons. The summed E-state index contributed by atoms with van der Waals surface area (Å²) < 4.78 is 32.1. The van der Waals surface area contributed by atoms with Gasteiger partial charge in [-0.25, -0.2) is 18.2 Å². The third-order valence-electron chi connectivity index (χ3n) is 5.69. The number of aryl methyl sites for hydroxylation is 1. The zero-order valence-corrected chi connectivity index (χ0v) is 18.4. The van der Waals surface area contributed by atoms with E-state index in [-0.39, 0.29) is 9.92 Å². The Morgan fingerprint density at radius 1 is 1.09 bits per heavy atom. The Labute approximate surface area is 185 Å². The van der Waals surface area contributed by atoms with E-state index in [4.69, 9.17) is 9.72 Å². The molecule has 1 saturated carbocycles. The predicted octanol–water partition coefficient (Wildman–Crippen LogP) is 4.43. The van der Waals surface area contributed by atoms with Crippen molar-refractivity contribution in [1.82, 2.24) is 15.0 Å². The third kappa shape index (κ3) is 3.46. The third-order valence-corrected chi connectivity index (χ3v) is 7.43. The molecule has 5 rings (SSSR count). The van der Waals surface area contributed by atoms with Gasteiger partial charge in [-0.1, -0.05) is 17.7 Å². The lowest BCUT2D eigenvalue weighted by Crippen LogP contribution is -2.05. The van der Waals surface area contributed by atoms with E-state index in [1.807, 2.05) is 6.92 Å². The summed E-state index contributed by atoms with van der Waals surface area (Å²) in [7, 11) is -2.58. The van der Waals surface area contributed by atoms with Crippen molar-refractivity contribution in [2.24, 2.45) is 0 Å². The van der Waals surface area contributed by atoms with Crippen LogP contribution in [0, 0.1) is 6.92 Å². The van der Waals surface area contributed by atoms with Gasteiger partial charge >= 0.3 is 5.97 Å². The zero-order valence-electron chi connectivity index (χ0n) is 17.6. The Balaban J connectivity index is 1.79. The van der Waals surface area contributed by atoms with Crippen LogP contribution < -0.4 is 0 Å². The minimum atomic E-state index is -3.89. The van der Waals surface area contributed by atoms with Crippen molar-refractivity contribution >= 4 is 26.7 Å². The van der Waals surface area contributed by atoms with Crippen LogP contribution >= 0.6 is 0 Å². The smallest absolute Gasteiger partial charge is 0.337 e. The van der Waals surface area contributed by atoms with Crippen LogP contribution in [0.5, 0.6) is 0 Å². The fourth-order valence-corrected chi connectivity index (χ4v) is 5.24. The second-order valence-corrected chi connectivity index (χ2v) is 9.89. The van der Waals surface area contributed by atoms with Crippen molar-refractivity contribution < 1.29 is 17.9 Å². The molecule has 2 aromatic carbocycles. The molecule has 2 heterocycles. The molecule has 1 aliphatic rings. The summed E-state index contributed by atoms with van der Waals surface area (Å²) in [6.07, 6.45) is 5.39. The molecule has 0 amide bonds. The number of hydrogen-bond acceptors (Lipinski definition) is 6. The molecule has 1 aliphatic carbocycles. The Morgan fingerprint density at radius 3 is 2.53 bits per heavy atom. The van der Waals surface area contributed by atoms with Crippen molar-refractivity contribution in [2.45, 2.75) is 35.6 Å². The summed E-state index contributed by atoms with van der Waals surface area (Å²) in [4.78, 5) is 24.4. The van der Waals surface area contributed by atoms with E-state index in [0.29, 0.717) is 33.6 Å². The average molecular weight is 448 g/mol. The van der Waals surface area contributed by atoms with Crippen molar-refractivity contribution in [3.8, 4) is 11.3 Å². The van der Waals surface area contributed by atoms with Crippen LogP contribution in [0.25, 0.3) is 22.2 Å². The molecule has 32 heavy (non-hydrogen) atoms. The minimum Gasteiger partial charge on any atom is -0.465 e. The lowest BCUT2D eigenvalue weighted by atomic mass is 10.1. The van der Waals surface area contributed by atoms with Crippen molar-refractivity contribution in [3.05, 3.63) is 71.7 Å². The van der Waals surface area contributed by atoms with Crippen LogP contribution in [0.4, 0.5) is 0 Å². The summed E-state index contributed by atoms with van der Waals surface area (Å²) in [5.74, 6) is -0.143. The number of fused-ring (bicyclic) bond motifs is 1. The van der Waals surface area contributed by atoms with Crippen LogP contribution in [0.15, 0.2) is 64.8 Å². The molecule has 4 aromatic rings. The van der Waals surface area contributed by atoms with E-state index in [2.05, 4.69) is 9.97 Å². The summed E-state index contributed by atoms with van der Waals surface area (Å²) in [5, 5.41) is 0.599. The molecule has 0 bridgehead atoms. The zero-order chi connectivity index (χ0) is 22.5. The minimum absolute atomic E-state index is 0.0283. The van der Waals surface area contributed by atoms with E-state index >= 15 is 0 Å². The van der Waals surface area contributed by atoms with E-state index in [0.717, 1.165) is 24.1 Å². The van der Waals surface area contributed by atoms with Crippen LogP contribution in [-0.2, 0) is 14.6 Å². The van der Waals surface area contributed by atoms with Crippen molar-refractivity contribution in [3.63, 3.8) is 0 Å². The van der Waals surface area contributed by atoms with E-state index in [1.54, 1.807) is 54.9 Å². The normalized spacial score (nSPS) is 13.9. The number of esters is 1. The number of carbonyl (C=O) groups is 1. The molecule has 0 spiro atoms. The highest BCUT2D eigenvalue weighted by Crippen LogP contribution is 2.41. The van der Waals surface area contributed by atoms with Gasteiger partial charge in [0, 0.05) is 28.6 Å². The molecule has 0 aliphatic heterocycles. The first-order chi connectivity index (χ1) is 15.4. The van der Waals surface area contributed by atoms with Gasteiger partial charge in [-0.15, -0.1) is 0 Å². The molecular weight excluding hydrogens is 426 g/mol. The number of nitrogens with one attached hydrogen (secondary N) is 1. The van der Waals surface area contributed by atoms with Crippen LogP contribution in [0.3, 0.4) is 0 Å². The summed E-state index contributed by atoms with van der Waals surface area (Å²) >= 11 is 0. The highest BCUT2D eigenvalue weighted by atomic mass is 32.2. The number of rotatable bonds is 5. The van der Waals surface area contributed by atoms with E-state index < -0.39 is 15.8 Å². The maximum atomic E-state index is 13.6. The number of nitrogens with zero attached hydrogens (tertiary/aromatic N) is 2. The Morgan fingerprint density at radius 2 is 1.84 bits per heavy atom. The van der Waals surface area contributed by atoms with Gasteiger partial charge in [0.2, 0.25) is 9.84 Å². The molecule has 2 aromatic heterocycles. The predicted molar refractivity (Wildman–Crippen MR) is 119 cm³/mol. The molecule has 1 fully saturated rings. The van der Waals surface area contributed by atoms with Gasteiger partial charge in [-0.3, -0.25) is 4.98 Å². The topological polar surface area (TPSA) is 102 Å². The molecule has 0 unspecified atom stereocenters.